The van der Waals surface area contributed by atoms with Crippen molar-refractivity contribution in [3.63, 3.8) is 0 Å². The van der Waals surface area contributed by atoms with E-state index in [9.17, 15) is 0 Å². The van der Waals surface area contributed by atoms with Crippen LogP contribution in [0.25, 0.3) is 10.1 Å². The normalized spacial score (nSPS) is 16.8. The molecule has 0 spiro atoms. The Morgan fingerprint density at radius 3 is 2.59 bits per heavy atom. The van der Waals surface area contributed by atoms with E-state index < -0.39 is 0 Å². The summed E-state index contributed by atoms with van der Waals surface area (Å²) >= 11 is 2.04. The van der Waals surface area contributed by atoms with Crippen molar-refractivity contribution in [1.29, 1.82) is 0 Å². The summed E-state index contributed by atoms with van der Waals surface area (Å²) in [5.41, 5.74) is 1.44. The maximum Gasteiger partial charge on any atom is 0.123 e. The number of fused-ring (bicyclic) bond motifs is 1. The molecule has 0 unspecified atom stereocenters. The summed E-state index contributed by atoms with van der Waals surface area (Å²) < 4.78 is 7.11. The molecule has 1 nitrogen and oxygen atoms in total. The van der Waals surface area contributed by atoms with Gasteiger partial charge in [0.15, 0.2) is 0 Å². The van der Waals surface area contributed by atoms with Crippen LogP contribution in [-0.4, -0.2) is 7.11 Å². The van der Waals surface area contributed by atoms with Crippen LogP contribution >= 0.6 is 11.3 Å². The SMILES string of the molecule is CCCCc1c(OC)ccc2cc(C3CCCCCC3)sc12. The molecule has 0 bridgehead atoms. The van der Waals surface area contributed by atoms with E-state index in [1.165, 1.54) is 67.0 Å². The van der Waals surface area contributed by atoms with Gasteiger partial charge in [-0.3, -0.25) is 0 Å². The van der Waals surface area contributed by atoms with Crippen LogP contribution in [0.4, 0.5) is 0 Å². The molecular formula is C20H28OS. The van der Waals surface area contributed by atoms with Gasteiger partial charge in [0.2, 0.25) is 0 Å². The zero-order chi connectivity index (χ0) is 15.4. The Hall–Kier alpha value is -1.02. The highest BCUT2D eigenvalue weighted by molar-refractivity contribution is 7.19. The van der Waals surface area contributed by atoms with Gasteiger partial charge in [0.1, 0.15) is 5.75 Å². The highest BCUT2D eigenvalue weighted by Crippen LogP contribution is 2.41. The minimum absolute atomic E-state index is 0.796. The minimum Gasteiger partial charge on any atom is -0.496 e. The molecule has 0 N–H and O–H groups in total. The molecule has 1 aliphatic carbocycles. The highest BCUT2D eigenvalue weighted by atomic mass is 32.1. The third-order valence-corrected chi connectivity index (χ3v) is 6.40. The van der Waals surface area contributed by atoms with Crippen LogP contribution in [0.1, 0.15) is 74.6 Å². The monoisotopic (exact) mass is 316 g/mol. The lowest BCUT2D eigenvalue weighted by atomic mass is 9.98. The predicted molar refractivity (Wildman–Crippen MR) is 97.4 cm³/mol. The van der Waals surface area contributed by atoms with Crippen molar-refractivity contribution in [3.05, 3.63) is 28.6 Å². The Morgan fingerprint density at radius 1 is 1.14 bits per heavy atom. The lowest BCUT2D eigenvalue weighted by Gasteiger charge is -2.11. The largest absolute Gasteiger partial charge is 0.496 e. The quantitative estimate of drug-likeness (QED) is 0.558. The first kappa shape index (κ1) is 15.9. The summed E-state index contributed by atoms with van der Waals surface area (Å²) in [6, 6.07) is 6.88. The molecule has 0 amide bonds. The van der Waals surface area contributed by atoms with Gasteiger partial charge in [0, 0.05) is 15.1 Å². The van der Waals surface area contributed by atoms with Gasteiger partial charge in [-0.05, 0) is 55.2 Å². The van der Waals surface area contributed by atoms with Gasteiger partial charge in [0.05, 0.1) is 7.11 Å². The molecule has 1 aromatic carbocycles. The van der Waals surface area contributed by atoms with Crippen molar-refractivity contribution in [2.75, 3.05) is 7.11 Å². The van der Waals surface area contributed by atoms with Crippen LogP contribution in [0.3, 0.4) is 0 Å². The smallest absolute Gasteiger partial charge is 0.123 e. The van der Waals surface area contributed by atoms with Crippen molar-refractivity contribution in [2.24, 2.45) is 0 Å². The number of aryl methyl sites for hydroxylation is 1. The number of unbranched alkanes of at least 4 members (excludes halogenated alkanes) is 1. The van der Waals surface area contributed by atoms with Gasteiger partial charge in [-0.25, -0.2) is 0 Å². The van der Waals surface area contributed by atoms with Crippen molar-refractivity contribution in [1.82, 2.24) is 0 Å². The Balaban J connectivity index is 1.96. The van der Waals surface area contributed by atoms with Crippen molar-refractivity contribution in [2.45, 2.75) is 70.6 Å². The number of hydrogen-bond acceptors (Lipinski definition) is 2. The number of hydrogen-bond donors (Lipinski definition) is 0. The van der Waals surface area contributed by atoms with Crippen LogP contribution in [0, 0.1) is 0 Å². The average Bonchev–Trinajstić information content (AvgIpc) is 2.79. The number of ether oxygens (including phenoxy) is 1. The topological polar surface area (TPSA) is 9.23 Å². The first-order valence-corrected chi connectivity index (χ1v) is 9.74. The molecule has 2 aromatic rings. The lowest BCUT2D eigenvalue weighted by Crippen LogP contribution is -1.93. The highest BCUT2D eigenvalue weighted by Gasteiger charge is 2.18. The number of benzene rings is 1. The summed E-state index contributed by atoms with van der Waals surface area (Å²) in [4.78, 5) is 1.61. The Morgan fingerprint density at radius 2 is 1.91 bits per heavy atom. The Labute approximate surface area is 138 Å². The van der Waals surface area contributed by atoms with Gasteiger partial charge >= 0.3 is 0 Å². The van der Waals surface area contributed by atoms with Crippen LogP contribution in [0.2, 0.25) is 0 Å². The molecule has 1 fully saturated rings. The van der Waals surface area contributed by atoms with E-state index in [0.29, 0.717) is 0 Å². The molecule has 0 atom stereocenters. The summed E-state index contributed by atoms with van der Waals surface area (Å²) in [6.45, 7) is 2.26. The van der Waals surface area contributed by atoms with Gasteiger partial charge in [-0.2, -0.15) is 0 Å². The van der Waals surface area contributed by atoms with Gasteiger partial charge in [-0.1, -0.05) is 39.0 Å². The Kier molecular flexibility index (Phi) is 5.41. The molecule has 22 heavy (non-hydrogen) atoms. The maximum absolute atomic E-state index is 5.63. The second kappa shape index (κ2) is 7.50. The minimum atomic E-state index is 0.796. The molecule has 2 heteroatoms. The van der Waals surface area contributed by atoms with Crippen LogP contribution in [-0.2, 0) is 6.42 Å². The second-order valence-corrected chi connectivity index (χ2v) is 7.69. The summed E-state index contributed by atoms with van der Waals surface area (Å²) in [6.07, 6.45) is 12.1. The van der Waals surface area contributed by atoms with Crippen molar-refractivity contribution in [3.8, 4) is 5.75 Å². The molecule has 1 saturated carbocycles. The summed E-state index contributed by atoms with van der Waals surface area (Å²) in [5, 5.41) is 1.43. The Bertz CT molecular complexity index is 605. The van der Waals surface area contributed by atoms with E-state index in [0.717, 1.165) is 18.1 Å². The van der Waals surface area contributed by atoms with Gasteiger partial charge < -0.3 is 4.74 Å². The maximum atomic E-state index is 5.63. The summed E-state index contributed by atoms with van der Waals surface area (Å²) in [5.74, 6) is 1.88. The molecule has 0 saturated heterocycles. The fourth-order valence-electron chi connectivity index (χ4n) is 3.71. The van der Waals surface area contributed by atoms with E-state index >= 15 is 0 Å². The number of methoxy groups -OCH3 is 1. The fraction of sp³-hybridized carbons (Fsp3) is 0.600. The zero-order valence-corrected chi connectivity index (χ0v) is 14.8. The number of rotatable bonds is 5. The van der Waals surface area contributed by atoms with Crippen molar-refractivity contribution >= 4 is 21.4 Å². The molecule has 3 rings (SSSR count). The van der Waals surface area contributed by atoms with E-state index in [1.807, 2.05) is 11.3 Å². The molecule has 120 valence electrons. The number of thiophene rings is 1. The molecule has 1 aromatic heterocycles. The zero-order valence-electron chi connectivity index (χ0n) is 14.0. The standard InChI is InChI=1S/C20H28OS/c1-3-4-11-17-18(21-2)13-12-16-14-19(22-20(16)17)15-9-7-5-6-8-10-15/h12-15H,3-11H2,1-2H3. The second-order valence-electron chi connectivity index (χ2n) is 6.61. The third-order valence-electron chi connectivity index (χ3n) is 5.02. The van der Waals surface area contributed by atoms with Gasteiger partial charge in [-0.15, -0.1) is 11.3 Å². The van der Waals surface area contributed by atoms with Crippen LogP contribution < -0.4 is 4.74 Å². The molecule has 1 aliphatic rings. The average molecular weight is 317 g/mol. The van der Waals surface area contributed by atoms with Crippen LogP contribution in [0.15, 0.2) is 18.2 Å². The lowest BCUT2D eigenvalue weighted by molar-refractivity contribution is 0.410. The third kappa shape index (κ3) is 3.32. The molecule has 0 aliphatic heterocycles. The van der Waals surface area contributed by atoms with E-state index in [1.54, 1.807) is 12.0 Å². The van der Waals surface area contributed by atoms with E-state index in [4.69, 9.17) is 4.74 Å². The molecule has 1 heterocycles. The van der Waals surface area contributed by atoms with E-state index in [-0.39, 0.29) is 0 Å². The first-order valence-electron chi connectivity index (χ1n) is 8.92. The fourth-order valence-corrected chi connectivity index (χ4v) is 5.10. The molecular weight excluding hydrogens is 288 g/mol. The summed E-state index contributed by atoms with van der Waals surface area (Å²) in [7, 11) is 1.80. The van der Waals surface area contributed by atoms with Crippen LogP contribution in [0.5, 0.6) is 5.75 Å². The first-order chi connectivity index (χ1) is 10.8. The van der Waals surface area contributed by atoms with Gasteiger partial charge in [0.25, 0.3) is 0 Å². The molecule has 0 radical (unpaired) electrons. The predicted octanol–water partition coefficient (Wildman–Crippen LogP) is 6.69. The van der Waals surface area contributed by atoms with E-state index in [2.05, 4.69) is 25.1 Å². The van der Waals surface area contributed by atoms with Crippen molar-refractivity contribution < 1.29 is 4.74 Å².